The molecule has 1 aromatic heterocycles. The Labute approximate surface area is 128 Å². The number of methoxy groups -OCH3 is 1. The van der Waals surface area contributed by atoms with Crippen LogP contribution in [0.25, 0.3) is 10.1 Å². The van der Waals surface area contributed by atoms with Gasteiger partial charge in [0.25, 0.3) is 5.91 Å². The number of amides is 1. The van der Waals surface area contributed by atoms with E-state index in [0.29, 0.717) is 22.4 Å². The van der Waals surface area contributed by atoms with E-state index in [1.807, 2.05) is 23.1 Å². The second-order valence-corrected chi connectivity index (χ2v) is 6.92. The van der Waals surface area contributed by atoms with E-state index in [-0.39, 0.29) is 5.91 Å². The monoisotopic (exact) mass is 304 g/mol. The Hall–Kier alpha value is -1.75. The number of carbonyl (C=O) groups is 1. The number of ether oxygens (including phenoxy) is 1. The first kappa shape index (κ1) is 14.2. The summed E-state index contributed by atoms with van der Waals surface area (Å²) in [5.74, 6) is 1.93. The van der Waals surface area contributed by atoms with Gasteiger partial charge >= 0.3 is 0 Å². The topological polar surface area (TPSA) is 55.6 Å². The van der Waals surface area contributed by atoms with E-state index in [1.165, 1.54) is 11.3 Å². The second kappa shape index (κ2) is 5.22. The zero-order valence-electron chi connectivity index (χ0n) is 12.6. The molecule has 0 aliphatic carbocycles. The van der Waals surface area contributed by atoms with Crippen LogP contribution in [-0.4, -0.2) is 31.0 Å². The van der Waals surface area contributed by atoms with Crippen LogP contribution in [-0.2, 0) is 0 Å². The van der Waals surface area contributed by atoms with E-state index in [9.17, 15) is 4.79 Å². The molecule has 3 rings (SSSR count). The zero-order valence-corrected chi connectivity index (χ0v) is 13.4. The number of hydrogen-bond donors (Lipinski definition) is 1. The van der Waals surface area contributed by atoms with Crippen molar-refractivity contribution in [3.63, 3.8) is 0 Å². The van der Waals surface area contributed by atoms with Crippen molar-refractivity contribution in [2.24, 2.45) is 11.8 Å². The van der Waals surface area contributed by atoms with Gasteiger partial charge in [0.2, 0.25) is 0 Å². The predicted octanol–water partition coefficient (Wildman–Crippen LogP) is 3.22. The molecule has 1 aliphatic rings. The van der Waals surface area contributed by atoms with Crippen molar-refractivity contribution in [1.29, 1.82) is 0 Å². The third kappa shape index (κ3) is 2.35. The summed E-state index contributed by atoms with van der Waals surface area (Å²) in [5.41, 5.74) is 6.78. The average Bonchev–Trinajstić information content (AvgIpc) is 2.99. The first-order chi connectivity index (χ1) is 10.0. The molecule has 4 nitrogen and oxygen atoms in total. The first-order valence-corrected chi connectivity index (χ1v) is 7.98. The lowest BCUT2D eigenvalue weighted by Gasteiger charge is -2.15. The smallest absolute Gasteiger partial charge is 0.266 e. The Morgan fingerprint density at radius 3 is 2.62 bits per heavy atom. The summed E-state index contributed by atoms with van der Waals surface area (Å²) in [4.78, 5) is 15.3. The molecule has 2 atom stereocenters. The Morgan fingerprint density at radius 2 is 2.00 bits per heavy atom. The summed E-state index contributed by atoms with van der Waals surface area (Å²) >= 11 is 1.45. The number of anilines is 1. The number of rotatable bonds is 2. The molecule has 1 fully saturated rings. The lowest BCUT2D eigenvalue weighted by Crippen LogP contribution is -2.28. The normalized spacial score (nSPS) is 22.0. The Kier molecular flexibility index (Phi) is 3.53. The van der Waals surface area contributed by atoms with Gasteiger partial charge in [-0.25, -0.2) is 0 Å². The van der Waals surface area contributed by atoms with Crippen molar-refractivity contribution >= 4 is 33.0 Å². The largest absolute Gasteiger partial charge is 0.497 e. The van der Waals surface area contributed by atoms with Crippen LogP contribution in [0.2, 0.25) is 0 Å². The van der Waals surface area contributed by atoms with Gasteiger partial charge in [-0.3, -0.25) is 4.79 Å². The van der Waals surface area contributed by atoms with Gasteiger partial charge in [-0.2, -0.15) is 0 Å². The van der Waals surface area contributed by atoms with Gasteiger partial charge in [-0.15, -0.1) is 11.3 Å². The number of carbonyl (C=O) groups excluding carboxylic acids is 1. The highest BCUT2D eigenvalue weighted by Crippen LogP contribution is 2.37. The summed E-state index contributed by atoms with van der Waals surface area (Å²) in [6.45, 7) is 6.02. The van der Waals surface area contributed by atoms with Crippen LogP contribution in [0.4, 0.5) is 5.69 Å². The molecular formula is C16H20N2O2S. The van der Waals surface area contributed by atoms with Crippen molar-refractivity contribution in [2.75, 3.05) is 25.9 Å². The van der Waals surface area contributed by atoms with Crippen LogP contribution in [0, 0.1) is 11.8 Å². The molecular weight excluding hydrogens is 284 g/mol. The van der Waals surface area contributed by atoms with E-state index in [0.717, 1.165) is 28.9 Å². The fourth-order valence-corrected chi connectivity index (χ4v) is 3.94. The standard InChI is InChI=1S/C16H20N2O2S/c1-9-7-18(8-10(9)2)16(19)15-14(17)12-5-4-11(20-3)6-13(12)21-15/h4-6,9-10H,7-8,17H2,1-3H3. The van der Waals surface area contributed by atoms with Crippen molar-refractivity contribution in [3.05, 3.63) is 23.1 Å². The Morgan fingerprint density at radius 1 is 1.33 bits per heavy atom. The van der Waals surface area contributed by atoms with Crippen LogP contribution >= 0.6 is 11.3 Å². The van der Waals surface area contributed by atoms with Crippen molar-refractivity contribution < 1.29 is 9.53 Å². The minimum atomic E-state index is 0.0591. The van der Waals surface area contributed by atoms with Crippen molar-refractivity contribution in [2.45, 2.75) is 13.8 Å². The van der Waals surface area contributed by atoms with E-state index < -0.39 is 0 Å². The maximum Gasteiger partial charge on any atom is 0.266 e. The molecule has 0 bridgehead atoms. The molecule has 2 heterocycles. The molecule has 21 heavy (non-hydrogen) atoms. The highest BCUT2D eigenvalue weighted by molar-refractivity contribution is 7.21. The second-order valence-electron chi connectivity index (χ2n) is 5.87. The molecule has 2 N–H and O–H groups in total. The van der Waals surface area contributed by atoms with Crippen LogP contribution in [0.5, 0.6) is 5.75 Å². The van der Waals surface area contributed by atoms with Crippen LogP contribution in [0.3, 0.4) is 0 Å². The maximum absolute atomic E-state index is 12.7. The number of nitrogens with two attached hydrogens (primary N) is 1. The highest BCUT2D eigenvalue weighted by atomic mass is 32.1. The number of benzene rings is 1. The summed E-state index contributed by atoms with van der Waals surface area (Å²) in [5, 5.41) is 0.935. The Balaban J connectivity index is 1.97. The number of nitrogen functional groups attached to an aromatic ring is 1. The molecule has 1 aliphatic heterocycles. The van der Waals surface area contributed by atoms with E-state index >= 15 is 0 Å². The molecule has 1 saturated heterocycles. The SMILES string of the molecule is COc1ccc2c(N)c(C(=O)N3CC(C)C(C)C3)sc2c1. The first-order valence-electron chi connectivity index (χ1n) is 7.16. The molecule has 5 heteroatoms. The summed E-state index contributed by atoms with van der Waals surface area (Å²) < 4.78 is 6.23. The quantitative estimate of drug-likeness (QED) is 0.927. The van der Waals surface area contributed by atoms with Gasteiger partial charge in [-0.05, 0) is 30.0 Å². The lowest BCUT2D eigenvalue weighted by atomic mass is 10.0. The maximum atomic E-state index is 12.7. The Bertz CT molecular complexity index is 685. The molecule has 2 unspecified atom stereocenters. The molecule has 0 spiro atoms. The third-order valence-corrected chi connectivity index (χ3v) is 5.56. The lowest BCUT2D eigenvalue weighted by molar-refractivity contribution is 0.0791. The number of nitrogens with zero attached hydrogens (tertiary/aromatic N) is 1. The van der Waals surface area contributed by atoms with Crippen LogP contribution in [0.1, 0.15) is 23.5 Å². The van der Waals surface area contributed by atoms with Crippen LogP contribution in [0.15, 0.2) is 18.2 Å². The zero-order chi connectivity index (χ0) is 15.1. The van der Waals surface area contributed by atoms with E-state index in [4.69, 9.17) is 10.5 Å². The third-order valence-electron chi connectivity index (χ3n) is 4.41. The molecule has 0 saturated carbocycles. The van der Waals surface area contributed by atoms with E-state index in [2.05, 4.69) is 13.8 Å². The molecule has 0 radical (unpaired) electrons. The summed E-state index contributed by atoms with van der Waals surface area (Å²) in [7, 11) is 1.64. The van der Waals surface area contributed by atoms with Crippen molar-refractivity contribution in [3.8, 4) is 5.75 Å². The molecule has 1 aromatic carbocycles. The van der Waals surface area contributed by atoms with Crippen LogP contribution < -0.4 is 10.5 Å². The van der Waals surface area contributed by atoms with Gasteiger partial charge in [0.15, 0.2) is 0 Å². The number of thiophene rings is 1. The molecule has 112 valence electrons. The van der Waals surface area contributed by atoms with Gasteiger partial charge in [-0.1, -0.05) is 13.8 Å². The highest BCUT2D eigenvalue weighted by Gasteiger charge is 2.31. The van der Waals surface area contributed by atoms with Gasteiger partial charge < -0.3 is 15.4 Å². The number of fused-ring (bicyclic) bond motifs is 1. The van der Waals surface area contributed by atoms with Crippen molar-refractivity contribution in [1.82, 2.24) is 4.90 Å². The average molecular weight is 304 g/mol. The van der Waals surface area contributed by atoms with Gasteiger partial charge in [0, 0.05) is 23.2 Å². The molecule has 2 aromatic rings. The van der Waals surface area contributed by atoms with Gasteiger partial charge in [0.1, 0.15) is 10.6 Å². The molecule has 1 amide bonds. The number of hydrogen-bond acceptors (Lipinski definition) is 4. The predicted molar refractivity (Wildman–Crippen MR) is 87.0 cm³/mol. The minimum absolute atomic E-state index is 0.0591. The fraction of sp³-hybridized carbons (Fsp3) is 0.438. The van der Waals surface area contributed by atoms with E-state index in [1.54, 1.807) is 7.11 Å². The summed E-state index contributed by atoms with van der Waals surface area (Å²) in [6, 6.07) is 5.73. The van der Waals surface area contributed by atoms with Gasteiger partial charge in [0.05, 0.1) is 12.8 Å². The number of likely N-dealkylation sites (tertiary alicyclic amines) is 1. The minimum Gasteiger partial charge on any atom is -0.497 e. The fourth-order valence-electron chi connectivity index (χ4n) is 2.82. The summed E-state index contributed by atoms with van der Waals surface area (Å²) in [6.07, 6.45) is 0.